The van der Waals surface area contributed by atoms with E-state index < -0.39 is 11.5 Å². The highest BCUT2D eigenvalue weighted by molar-refractivity contribution is 5.79. The number of aliphatic carboxylic acids is 1. The maximum absolute atomic E-state index is 11.3. The molecule has 1 atom stereocenters. The van der Waals surface area contributed by atoms with Crippen molar-refractivity contribution in [3.63, 3.8) is 0 Å². The van der Waals surface area contributed by atoms with Crippen molar-refractivity contribution in [3.8, 4) is 0 Å². The Bertz CT molecular complexity index is 236. The number of nitrogens with zero attached hydrogens (tertiary/aromatic N) is 1. The zero-order valence-corrected chi connectivity index (χ0v) is 8.41. The van der Waals surface area contributed by atoms with E-state index in [4.69, 9.17) is 5.73 Å². The van der Waals surface area contributed by atoms with Crippen LogP contribution >= 0.6 is 0 Å². The number of hydrogen-bond donors (Lipinski definition) is 2. The smallest absolute Gasteiger partial charge is 0.324 e. The largest absolute Gasteiger partial charge is 0.480 e. The second kappa shape index (κ2) is 3.51. The first-order valence-corrected chi connectivity index (χ1v) is 5.39. The average molecular weight is 198 g/mol. The molecule has 4 nitrogen and oxygen atoms in total. The molecule has 1 aliphatic carbocycles. The zero-order valence-electron chi connectivity index (χ0n) is 8.41. The van der Waals surface area contributed by atoms with E-state index in [1.807, 2.05) is 0 Å². The van der Waals surface area contributed by atoms with Crippen molar-refractivity contribution in [2.45, 2.75) is 43.7 Å². The number of hydrogen-bond acceptors (Lipinski definition) is 3. The molecular weight excluding hydrogens is 180 g/mol. The quantitative estimate of drug-likeness (QED) is 0.674. The summed E-state index contributed by atoms with van der Waals surface area (Å²) in [7, 11) is 0. The van der Waals surface area contributed by atoms with Gasteiger partial charge < -0.3 is 10.8 Å². The van der Waals surface area contributed by atoms with Gasteiger partial charge in [0.2, 0.25) is 0 Å². The van der Waals surface area contributed by atoms with E-state index in [9.17, 15) is 9.90 Å². The molecule has 2 rings (SSSR count). The van der Waals surface area contributed by atoms with Gasteiger partial charge in [-0.05, 0) is 19.3 Å². The molecule has 1 saturated heterocycles. The molecule has 0 bridgehead atoms. The Morgan fingerprint density at radius 3 is 2.50 bits per heavy atom. The molecule has 0 aromatic heterocycles. The van der Waals surface area contributed by atoms with Crippen LogP contribution in [0.25, 0.3) is 0 Å². The Hall–Kier alpha value is -0.610. The van der Waals surface area contributed by atoms with Gasteiger partial charge in [-0.15, -0.1) is 0 Å². The highest BCUT2D eigenvalue weighted by Crippen LogP contribution is 2.37. The summed E-state index contributed by atoms with van der Waals surface area (Å²) in [6.45, 7) is 1.61. The predicted octanol–water partition coefficient (Wildman–Crippen LogP) is 0.417. The molecule has 80 valence electrons. The van der Waals surface area contributed by atoms with Crippen LogP contribution in [0.2, 0.25) is 0 Å². The highest BCUT2D eigenvalue weighted by atomic mass is 16.4. The van der Waals surface area contributed by atoms with Crippen LogP contribution in [0.3, 0.4) is 0 Å². The molecule has 0 aromatic carbocycles. The molecule has 4 heteroatoms. The van der Waals surface area contributed by atoms with Crippen molar-refractivity contribution in [2.24, 2.45) is 5.73 Å². The second-order valence-electron chi connectivity index (χ2n) is 4.54. The van der Waals surface area contributed by atoms with Crippen molar-refractivity contribution in [1.82, 2.24) is 4.90 Å². The van der Waals surface area contributed by atoms with Crippen LogP contribution in [0.15, 0.2) is 0 Å². The van der Waals surface area contributed by atoms with Gasteiger partial charge in [-0.3, -0.25) is 9.69 Å². The second-order valence-corrected chi connectivity index (χ2v) is 4.54. The first-order chi connectivity index (χ1) is 6.65. The molecule has 1 unspecified atom stereocenters. The van der Waals surface area contributed by atoms with Crippen LogP contribution in [0.4, 0.5) is 0 Å². The lowest BCUT2D eigenvalue weighted by atomic mass is 9.96. The Labute approximate surface area is 84.1 Å². The molecule has 1 aliphatic heterocycles. The topological polar surface area (TPSA) is 66.6 Å². The lowest BCUT2D eigenvalue weighted by Crippen LogP contribution is -2.52. The van der Waals surface area contributed by atoms with Gasteiger partial charge in [0.15, 0.2) is 0 Å². The molecule has 3 N–H and O–H groups in total. The van der Waals surface area contributed by atoms with Gasteiger partial charge in [0.25, 0.3) is 0 Å². The molecular formula is C10H18N2O2. The first-order valence-electron chi connectivity index (χ1n) is 5.39. The minimum atomic E-state index is -0.649. The first kappa shape index (κ1) is 9.93. The lowest BCUT2D eigenvalue weighted by molar-refractivity contribution is -0.150. The monoisotopic (exact) mass is 198 g/mol. The fraction of sp³-hybridized carbons (Fsp3) is 0.900. The summed E-state index contributed by atoms with van der Waals surface area (Å²) < 4.78 is 0. The third-order valence-corrected chi connectivity index (χ3v) is 3.66. The molecule has 0 radical (unpaired) electrons. The van der Waals surface area contributed by atoms with Crippen molar-refractivity contribution in [3.05, 3.63) is 0 Å². The van der Waals surface area contributed by atoms with E-state index in [-0.39, 0.29) is 6.04 Å². The summed E-state index contributed by atoms with van der Waals surface area (Å²) in [5.41, 5.74) is 5.24. The predicted molar refractivity (Wildman–Crippen MR) is 53.0 cm³/mol. The van der Waals surface area contributed by atoms with Crippen molar-refractivity contribution in [2.75, 3.05) is 13.1 Å². The van der Waals surface area contributed by atoms with E-state index in [1.54, 1.807) is 0 Å². The van der Waals surface area contributed by atoms with E-state index >= 15 is 0 Å². The molecule has 2 aliphatic rings. The van der Waals surface area contributed by atoms with Crippen LogP contribution in [0, 0.1) is 0 Å². The summed E-state index contributed by atoms with van der Waals surface area (Å²) in [6.07, 6.45) is 4.62. The normalized spacial score (nSPS) is 32.2. The number of likely N-dealkylation sites (tertiary alicyclic amines) is 1. The van der Waals surface area contributed by atoms with Crippen LogP contribution < -0.4 is 5.73 Å². The van der Waals surface area contributed by atoms with Gasteiger partial charge in [0.05, 0.1) is 0 Å². The molecule has 1 saturated carbocycles. The van der Waals surface area contributed by atoms with Crippen LogP contribution in [0.1, 0.15) is 32.1 Å². The highest BCUT2D eigenvalue weighted by Gasteiger charge is 2.48. The van der Waals surface area contributed by atoms with Gasteiger partial charge in [-0.1, -0.05) is 12.8 Å². The fourth-order valence-corrected chi connectivity index (χ4v) is 2.80. The minimum Gasteiger partial charge on any atom is -0.480 e. The number of carboxylic acid groups (broad SMARTS) is 1. The third-order valence-electron chi connectivity index (χ3n) is 3.66. The number of nitrogens with two attached hydrogens (primary N) is 1. The van der Waals surface area contributed by atoms with Crippen molar-refractivity contribution < 1.29 is 9.90 Å². The molecule has 14 heavy (non-hydrogen) atoms. The van der Waals surface area contributed by atoms with Gasteiger partial charge in [0, 0.05) is 19.1 Å². The summed E-state index contributed by atoms with van der Waals surface area (Å²) in [5.74, 6) is -0.649. The van der Waals surface area contributed by atoms with Crippen molar-refractivity contribution >= 4 is 5.97 Å². The van der Waals surface area contributed by atoms with E-state index in [0.29, 0.717) is 0 Å². The van der Waals surface area contributed by atoms with Gasteiger partial charge in [-0.2, -0.15) is 0 Å². The number of carbonyl (C=O) groups is 1. The van der Waals surface area contributed by atoms with Gasteiger partial charge in [0.1, 0.15) is 5.54 Å². The fourth-order valence-electron chi connectivity index (χ4n) is 2.80. The Balaban J connectivity index is 2.14. The molecule has 1 heterocycles. The Morgan fingerprint density at radius 1 is 1.43 bits per heavy atom. The molecule has 0 spiro atoms. The molecule has 0 amide bonds. The van der Waals surface area contributed by atoms with Gasteiger partial charge >= 0.3 is 5.97 Å². The Morgan fingerprint density at radius 2 is 2.07 bits per heavy atom. The maximum Gasteiger partial charge on any atom is 0.324 e. The number of carboxylic acids is 1. The standard InChI is InChI=1S/C10H18N2O2/c11-8-3-6-12(7-8)10(9(13)14)4-1-2-5-10/h8H,1-7,11H2,(H,13,14). The van der Waals surface area contributed by atoms with Gasteiger partial charge in [-0.25, -0.2) is 0 Å². The number of rotatable bonds is 2. The lowest BCUT2D eigenvalue weighted by Gasteiger charge is -2.34. The molecule has 0 aromatic rings. The third kappa shape index (κ3) is 1.42. The summed E-state index contributed by atoms with van der Waals surface area (Å²) >= 11 is 0. The maximum atomic E-state index is 11.3. The van der Waals surface area contributed by atoms with Crippen molar-refractivity contribution in [1.29, 1.82) is 0 Å². The summed E-state index contributed by atoms with van der Waals surface area (Å²) in [4.78, 5) is 13.4. The van der Waals surface area contributed by atoms with Crippen LogP contribution in [-0.2, 0) is 4.79 Å². The zero-order chi connectivity index (χ0) is 10.2. The summed E-state index contributed by atoms with van der Waals surface area (Å²) in [5, 5.41) is 9.33. The summed E-state index contributed by atoms with van der Waals surface area (Å²) in [6, 6.07) is 0.173. The van der Waals surface area contributed by atoms with Crippen LogP contribution in [-0.4, -0.2) is 40.6 Å². The van der Waals surface area contributed by atoms with E-state index in [0.717, 1.165) is 45.2 Å². The average Bonchev–Trinajstić information content (AvgIpc) is 2.71. The van der Waals surface area contributed by atoms with E-state index in [2.05, 4.69) is 4.90 Å². The molecule has 2 fully saturated rings. The SMILES string of the molecule is NC1CCN(C2(C(=O)O)CCCC2)C1. The van der Waals surface area contributed by atoms with E-state index in [1.165, 1.54) is 0 Å². The minimum absolute atomic E-state index is 0.173. The Kier molecular flexibility index (Phi) is 2.49. The van der Waals surface area contributed by atoms with Crippen LogP contribution in [0.5, 0.6) is 0 Å².